The fraction of sp³-hybridized carbons (Fsp3) is 0.364. The number of ether oxygens (including phenoxy) is 1. The van der Waals surface area contributed by atoms with Gasteiger partial charge in [-0.2, -0.15) is 4.68 Å². The molecule has 5 nitrogen and oxygen atoms in total. The molecule has 0 spiro atoms. The van der Waals surface area contributed by atoms with E-state index in [0.29, 0.717) is 6.61 Å². The average molecular weight is 218 g/mol. The van der Waals surface area contributed by atoms with Gasteiger partial charge in [-0.05, 0) is 35.9 Å². The zero-order chi connectivity index (χ0) is 11.4. The largest absolute Gasteiger partial charge is 0.491 e. The Balaban J connectivity index is 2.37. The van der Waals surface area contributed by atoms with Crippen LogP contribution in [-0.4, -0.2) is 26.8 Å². The number of hydrogen-bond donors (Lipinski definition) is 0. The molecule has 16 heavy (non-hydrogen) atoms. The van der Waals surface area contributed by atoms with Crippen LogP contribution >= 0.6 is 0 Å². The molecule has 0 amide bonds. The lowest BCUT2D eigenvalue weighted by Gasteiger charge is -2.10. The SMILES string of the molecule is CCCOc1ccccc1-n1nnnc1C. The molecule has 0 fully saturated rings. The zero-order valence-corrected chi connectivity index (χ0v) is 9.42. The van der Waals surface area contributed by atoms with E-state index in [2.05, 4.69) is 22.4 Å². The van der Waals surface area contributed by atoms with E-state index in [4.69, 9.17) is 4.74 Å². The van der Waals surface area contributed by atoms with Crippen molar-refractivity contribution >= 4 is 0 Å². The maximum absolute atomic E-state index is 5.65. The van der Waals surface area contributed by atoms with Crippen molar-refractivity contribution in [3.8, 4) is 11.4 Å². The van der Waals surface area contributed by atoms with Gasteiger partial charge in [0, 0.05) is 0 Å². The van der Waals surface area contributed by atoms with Crippen LogP contribution in [0.2, 0.25) is 0 Å². The molecule has 2 rings (SSSR count). The summed E-state index contributed by atoms with van der Waals surface area (Å²) in [7, 11) is 0. The van der Waals surface area contributed by atoms with Crippen LogP contribution in [0.25, 0.3) is 5.69 Å². The topological polar surface area (TPSA) is 52.8 Å². The van der Waals surface area contributed by atoms with Gasteiger partial charge in [0.2, 0.25) is 0 Å². The minimum Gasteiger partial charge on any atom is -0.491 e. The Kier molecular flexibility index (Phi) is 3.14. The van der Waals surface area contributed by atoms with E-state index in [-0.39, 0.29) is 0 Å². The maximum atomic E-state index is 5.65. The summed E-state index contributed by atoms with van der Waals surface area (Å²) < 4.78 is 7.32. The van der Waals surface area contributed by atoms with Gasteiger partial charge in [-0.15, -0.1) is 5.10 Å². The van der Waals surface area contributed by atoms with Crippen LogP contribution in [0.15, 0.2) is 24.3 Å². The minimum absolute atomic E-state index is 0.693. The molecule has 0 unspecified atom stereocenters. The molecule has 0 aliphatic rings. The number of benzene rings is 1. The van der Waals surface area contributed by atoms with E-state index in [1.807, 2.05) is 31.2 Å². The van der Waals surface area contributed by atoms with Crippen molar-refractivity contribution in [2.24, 2.45) is 0 Å². The number of rotatable bonds is 4. The van der Waals surface area contributed by atoms with Gasteiger partial charge in [-0.3, -0.25) is 0 Å². The number of aromatic nitrogens is 4. The summed E-state index contributed by atoms with van der Waals surface area (Å²) in [6, 6.07) is 7.74. The highest BCUT2D eigenvalue weighted by molar-refractivity contribution is 5.46. The standard InChI is InChI=1S/C11H14N4O/c1-3-8-16-11-7-5-4-6-10(11)15-9(2)12-13-14-15/h4-7H,3,8H2,1-2H3. The molecule has 1 aromatic carbocycles. The van der Waals surface area contributed by atoms with E-state index < -0.39 is 0 Å². The van der Waals surface area contributed by atoms with Crippen LogP contribution < -0.4 is 4.74 Å². The molecule has 0 N–H and O–H groups in total. The molecule has 2 aromatic rings. The summed E-state index contributed by atoms with van der Waals surface area (Å²) in [6.45, 7) is 4.62. The summed E-state index contributed by atoms with van der Waals surface area (Å²) >= 11 is 0. The number of para-hydroxylation sites is 2. The number of hydrogen-bond acceptors (Lipinski definition) is 4. The van der Waals surface area contributed by atoms with Crippen molar-refractivity contribution < 1.29 is 4.74 Å². The lowest BCUT2D eigenvalue weighted by atomic mass is 10.3. The first-order valence-corrected chi connectivity index (χ1v) is 5.30. The lowest BCUT2D eigenvalue weighted by Crippen LogP contribution is -2.04. The van der Waals surface area contributed by atoms with Gasteiger partial charge < -0.3 is 4.74 Å². The molecule has 1 heterocycles. The average Bonchev–Trinajstić information content (AvgIpc) is 2.73. The molecule has 0 saturated heterocycles. The van der Waals surface area contributed by atoms with Gasteiger partial charge in [0.05, 0.1) is 6.61 Å². The highest BCUT2D eigenvalue weighted by Gasteiger charge is 2.08. The van der Waals surface area contributed by atoms with Crippen LogP contribution in [0.3, 0.4) is 0 Å². The van der Waals surface area contributed by atoms with Crippen molar-refractivity contribution in [3.05, 3.63) is 30.1 Å². The first kappa shape index (κ1) is 10.6. The fourth-order valence-electron chi connectivity index (χ4n) is 1.42. The van der Waals surface area contributed by atoms with Gasteiger partial charge in [0.15, 0.2) is 5.82 Å². The van der Waals surface area contributed by atoms with E-state index in [1.54, 1.807) is 4.68 Å². The summed E-state index contributed by atoms with van der Waals surface area (Å²) in [5.74, 6) is 1.55. The quantitative estimate of drug-likeness (QED) is 0.784. The molecule has 84 valence electrons. The Bertz CT molecular complexity index is 467. The second kappa shape index (κ2) is 4.74. The molecule has 0 bridgehead atoms. The predicted molar refractivity (Wildman–Crippen MR) is 59.7 cm³/mol. The molecule has 0 radical (unpaired) electrons. The predicted octanol–water partition coefficient (Wildman–Crippen LogP) is 1.76. The third kappa shape index (κ3) is 2.03. The Morgan fingerprint density at radius 3 is 2.81 bits per heavy atom. The molecule has 0 aliphatic carbocycles. The first-order valence-electron chi connectivity index (χ1n) is 5.30. The first-order chi connectivity index (χ1) is 7.83. The summed E-state index contributed by atoms with van der Waals surface area (Å²) in [5.41, 5.74) is 0.874. The molecule has 0 aliphatic heterocycles. The number of tetrazole rings is 1. The van der Waals surface area contributed by atoms with E-state index in [1.165, 1.54) is 0 Å². The Morgan fingerprint density at radius 2 is 2.12 bits per heavy atom. The Labute approximate surface area is 94.0 Å². The van der Waals surface area contributed by atoms with Crippen molar-refractivity contribution in [2.45, 2.75) is 20.3 Å². The second-order valence-corrected chi connectivity index (χ2v) is 3.45. The van der Waals surface area contributed by atoms with Crippen LogP contribution in [0.4, 0.5) is 0 Å². The molecule has 0 atom stereocenters. The summed E-state index contributed by atoms with van der Waals surface area (Å²) in [5, 5.41) is 11.4. The normalized spacial score (nSPS) is 10.4. The minimum atomic E-state index is 0.693. The molecular formula is C11H14N4O. The summed E-state index contributed by atoms with van der Waals surface area (Å²) in [6.07, 6.45) is 0.975. The zero-order valence-electron chi connectivity index (χ0n) is 9.42. The van der Waals surface area contributed by atoms with Gasteiger partial charge in [0.1, 0.15) is 11.4 Å². The van der Waals surface area contributed by atoms with Crippen LogP contribution in [0, 0.1) is 6.92 Å². The van der Waals surface area contributed by atoms with Crippen molar-refractivity contribution in [1.29, 1.82) is 0 Å². The highest BCUT2D eigenvalue weighted by atomic mass is 16.5. The highest BCUT2D eigenvalue weighted by Crippen LogP contribution is 2.22. The van der Waals surface area contributed by atoms with E-state index >= 15 is 0 Å². The Hall–Kier alpha value is -1.91. The lowest BCUT2D eigenvalue weighted by molar-refractivity contribution is 0.315. The van der Waals surface area contributed by atoms with Gasteiger partial charge in [-0.25, -0.2) is 0 Å². The summed E-state index contributed by atoms with van der Waals surface area (Å²) in [4.78, 5) is 0. The molecule has 1 aromatic heterocycles. The smallest absolute Gasteiger partial charge is 0.153 e. The third-order valence-corrected chi connectivity index (χ3v) is 2.18. The molecule has 0 saturated carbocycles. The van der Waals surface area contributed by atoms with Crippen LogP contribution in [0.1, 0.15) is 19.2 Å². The van der Waals surface area contributed by atoms with Crippen LogP contribution in [-0.2, 0) is 0 Å². The van der Waals surface area contributed by atoms with Crippen molar-refractivity contribution in [2.75, 3.05) is 6.61 Å². The number of aryl methyl sites for hydroxylation is 1. The van der Waals surface area contributed by atoms with Crippen molar-refractivity contribution in [1.82, 2.24) is 20.2 Å². The second-order valence-electron chi connectivity index (χ2n) is 3.45. The number of nitrogens with zero attached hydrogens (tertiary/aromatic N) is 4. The van der Waals surface area contributed by atoms with E-state index in [9.17, 15) is 0 Å². The third-order valence-electron chi connectivity index (χ3n) is 2.18. The van der Waals surface area contributed by atoms with E-state index in [0.717, 1.165) is 23.7 Å². The van der Waals surface area contributed by atoms with Gasteiger partial charge >= 0.3 is 0 Å². The Morgan fingerprint density at radius 1 is 1.31 bits per heavy atom. The molecular weight excluding hydrogens is 204 g/mol. The monoisotopic (exact) mass is 218 g/mol. The maximum Gasteiger partial charge on any atom is 0.153 e. The van der Waals surface area contributed by atoms with Crippen LogP contribution in [0.5, 0.6) is 5.75 Å². The fourth-order valence-corrected chi connectivity index (χ4v) is 1.42. The molecule has 5 heteroatoms. The van der Waals surface area contributed by atoms with Gasteiger partial charge in [0.25, 0.3) is 0 Å². The van der Waals surface area contributed by atoms with Gasteiger partial charge in [-0.1, -0.05) is 19.1 Å². The van der Waals surface area contributed by atoms with Crippen molar-refractivity contribution in [3.63, 3.8) is 0 Å².